The minimum atomic E-state index is -0.195. The van der Waals surface area contributed by atoms with E-state index in [2.05, 4.69) is 21.7 Å². The van der Waals surface area contributed by atoms with Gasteiger partial charge in [0.15, 0.2) is 5.96 Å². The molecule has 0 aromatic heterocycles. The van der Waals surface area contributed by atoms with E-state index in [4.69, 9.17) is 5.73 Å². The molecule has 1 aromatic carbocycles. The van der Waals surface area contributed by atoms with Crippen LogP contribution < -0.4 is 10.6 Å². The van der Waals surface area contributed by atoms with Crippen LogP contribution in [0.1, 0.15) is 19.8 Å². The summed E-state index contributed by atoms with van der Waals surface area (Å²) in [6, 6.07) is 6.65. The van der Waals surface area contributed by atoms with Crippen molar-refractivity contribution in [1.29, 1.82) is 0 Å². The van der Waals surface area contributed by atoms with Gasteiger partial charge >= 0.3 is 0 Å². The molecule has 1 aliphatic rings. The van der Waals surface area contributed by atoms with Gasteiger partial charge < -0.3 is 15.5 Å². The van der Waals surface area contributed by atoms with Crippen LogP contribution in [0.25, 0.3) is 0 Å². The monoisotopic (exact) mass is 406 g/mol. The molecule has 4 nitrogen and oxygen atoms in total. The highest BCUT2D eigenvalue weighted by Gasteiger charge is 2.18. The molecule has 1 aliphatic heterocycles. The van der Waals surface area contributed by atoms with Crippen molar-refractivity contribution in [3.8, 4) is 0 Å². The van der Waals surface area contributed by atoms with Crippen LogP contribution in [0.5, 0.6) is 0 Å². The number of hydrogen-bond acceptors (Lipinski definition) is 2. The van der Waals surface area contributed by atoms with Gasteiger partial charge in [0.25, 0.3) is 0 Å². The third kappa shape index (κ3) is 5.33. The molecule has 0 radical (unpaired) electrons. The molecule has 6 heteroatoms. The molecule has 0 atom stereocenters. The van der Waals surface area contributed by atoms with Crippen molar-refractivity contribution in [1.82, 2.24) is 4.90 Å². The Morgan fingerprint density at radius 3 is 2.38 bits per heavy atom. The Labute approximate surface area is 143 Å². The molecule has 1 fully saturated rings. The predicted molar refractivity (Wildman–Crippen MR) is 97.0 cm³/mol. The number of unbranched alkanes of at least 4 members (excludes halogenated alkanes) is 1. The summed E-state index contributed by atoms with van der Waals surface area (Å²) in [6.45, 7) is 6.44. The summed E-state index contributed by atoms with van der Waals surface area (Å²) in [5.74, 6) is 0.455. The summed E-state index contributed by atoms with van der Waals surface area (Å²) in [5.41, 5.74) is 7.06. The predicted octanol–water partition coefficient (Wildman–Crippen LogP) is 2.68. The Kier molecular flexibility index (Phi) is 7.77. The molecule has 2 rings (SSSR count). The van der Waals surface area contributed by atoms with Gasteiger partial charge in [-0.25, -0.2) is 4.39 Å². The summed E-state index contributed by atoms with van der Waals surface area (Å²) in [5, 5.41) is 0. The number of hydrogen-bond donors (Lipinski definition) is 1. The highest BCUT2D eigenvalue weighted by Crippen LogP contribution is 2.16. The van der Waals surface area contributed by atoms with Crippen LogP contribution in [0.2, 0.25) is 0 Å². The molecule has 0 saturated carbocycles. The zero-order valence-corrected chi connectivity index (χ0v) is 14.8. The average molecular weight is 406 g/mol. The second kappa shape index (κ2) is 9.07. The highest BCUT2D eigenvalue weighted by atomic mass is 127. The SMILES string of the molecule is CCCCN=C(N)N1CCN(c2ccc(F)cc2)CC1.I. The number of nitrogens with two attached hydrogens (primary N) is 1. The van der Waals surface area contributed by atoms with Gasteiger partial charge in [-0.05, 0) is 30.7 Å². The van der Waals surface area contributed by atoms with E-state index in [1.54, 1.807) is 0 Å². The number of benzene rings is 1. The lowest BCUT2D eigenvalue weighted by atomic mass is 10.2. The molecule has 1 saturated heterocycles. The molecule has 1 heterocycles. The first-order valence-electron chi connectivity index (χ1n) is 7.26. The molecular weight excluding hydrogens is 382 g/mol. The van der Waals surface area contributed by atoms with E-state index in [0.29, 0.717) is 5.96 Å². The Bertz CT molecular complexity index is 441. The van der Waals surface area contributed by atoms with Crippen molar-refractivity contribution >= 4 is 35.6 Å². The van der Waals surface area contributed by atoms with Crippen molar-refractivity contribution in [3.63, 3.8) is 0 Å². The zero-order valence-electron chi connectivity index (χ0n) is 12.5. The van der Waals surface area contributed by atoms with Crippen LogP contribution in [-0.4, -0.2) is 43.6 Å². The average Bonchev–Trinajstić information content (AvgIpc) is 2.48. The largest absolute Gasteiger partial charge is 0.370 e. The molecular formula is C15H24FIN4. The number of nitrogens with zero attached hydrogens (tertiary/aromatic N) is 3. The fraction of sp³-hybridized carbons (Fsp3) is 0.533. The molecule has 0 aliphatic carbocycles. The quantitative estimate of drug-likeness (QED) is 0.362. The van der Waals surface area contributed by atoms with Gasteiger partial charge in [0.2, 0.25) is 0 Å². The van der Waals surface area contributed by atoms with Crippen LogP contribution in [-0.2, 0) is 0 Å². The van der Waals surface area contributed by atoms with E-state index >= 15 is 0 Å². The summed E-state index contributed by atoms with van der Waals surface area (Å²) < 4.78 is 12.9. The molecule has 0 spiro atoms. The van der Waals surface area contributed by atoms with E-state index in [1.165, 1.54) is 12.1 Å². The van der Waals surface area contributed by atoms with E-state index < -0.39 is 0 Å². The molecule has 1 aromatic rings. The molecule has 0 unspecified atom stereocenters. The van der Waals surface area contributed by atoms with Crippen LogP contribution in [0.15, 0.2) is 29.3 Å². The van der Waals surface area contributed by atoms with Gasteiger partial charge in [-0.15, -0.1) is 24.0 Å². The Hall–Kier alpha value is -1.05. The summed E-state index contributed by atoms with van der Waals surface area (Å²) in [4.78, 5) is 8.77. The number of halogens is 2. The first-order chi connectivity index (χ1) is 9.70. The first-order valence-corrected chi connectivity index (χ1v) is 7.26. The third-order valence-electron chi connectivity index (χ3n) is 3.58. The van der Waals surface area contributed by atoms with Gasteiger partial charge in [0.1, 0.15) is 5.82 Å². The maximum Gasteiger partial charge on any atom is 0.191 e. The highest BCUT2D eigenvalue weighted by molar-refractivity contribution is 14.0. The number of guanidine groups is 1. The van der Waals surface area contributed by atoms with Gasteiger partial charge in [-0.1, -0.05) is 13.3 Å². The van der Waals surface area contributed by atoms with E-state index in [1.807, 2.05) is 12.1 Å². The molecule has 21 heavy (non-hydrogen) atoms. The minimum Gasteiger partial charge on any atom is -0.370 e. The first kappa shape index (κ1) is 18.0. The van der Waals surface area contributed by atoms with Crippen molar-refractivity contribution in [2.45, 2.75) is 19.8 Å². The van der Waals surface area contributed by atoms with Crippen molar-refractivity contribution < 1.29 is 4.39 Å². The topological polar surface area (TPSA) is 44.9 Å². The van der Waals surface area contributed by atoms with Crippen LogP contribution in [0, 0.1) is 5.82 Å². The standard InChI is InChI=1S/C15H23FN4.HI/c1-2-3-8-18-15(17)20-11-9-19(10-12-20)14-6-4-13(16)5-7-14;/h4-7H,2-3,8-12H2,1H3,(H2,17,18);1H. The fourth-order valence-corrected chi connectivity index (χ4v) is 2.30. The van der Waals surface area contributed by atoms with Crippen molar-refractivity contribution in [2.75, 3.05) is 37.6 Å². The number of rotatable bonds is 4. The van der Waals surface area contributed by atoms with Crippen LogP contribution >= 0.6 is 24.0 Å². The molecule has 118 valence electrons. The van der Waals surface area contributed by atoms with Crippen LogP contribution in [0.4, 0.5) is 10.1 Å². The maximum atomic E-state index is 12.9. The molecule has 0 bridgehead atoms. The van der Waals surface area contributed by atoms with Gasteiger partial charge in [0, 0.05) is 38.4 Å². The summed E-state index contributed by atoms with van der Waals surface area (Å²) in [6.07, 6.45) is 2.21. The van der Waals surface area contributed by atoms with Gasteiger partial charge in [0.05, 0.1) is 0 Å². The van der Waals surface area contributed by atoms with E-state index in [-0.39, 0.29) is 29.8 Å². The lowest BCUT2D eigenvalue weighted by molar-refractivity contribution is 0.380. The Morgan fingerprint density at radius 1 is 1.19 bits per heavy atom. The summed E-state index contributed by atoms with van der Waals surface area (Å²) in [7, 11) is 0. The third-order valence-corrected chi connectivity index (χ3v) is 3.58. The smallest absolute Gasteiger partial charge is 0.191 e. The number of piperazine rings is 1. The van der Waals surface area contributed by atoms with Crippen molar-refractivity contribution in [2.24, 2.45) is 10.7 Å². The Balaban J connectivity index is 0.00000220. The second-order valence-electron chi connectivity index (χ2n) is 5.04. The lowest BCUT2D eigenvalue weighted by Crippen LogP contribution is -2.51. The zero-order chi connectivity index (χ0) is 14.4. The number of aliphatic imine (C=N–C) groups is 1. The second-order valence-corrected chi connectivity index (χ2v) is 5.04. The lowest BCUT2D eigenvalue weighted by Gasteiger charge is -2.36. The van der Waals surface area contributed by atoms with Gasteiger partial charge in [-0.3, -0.25) is 4.99 Å². The van der Waals surface area contributed by atoms with Crippen molar-refractivity contribution in [3.05, 3.63) is 30.1 Å². The van der Waals surface area contributed by atoms with E-state index in [9.17, 15) is 4.39 Å². The summed E-state index contributed by atoms with van der Waals surface area (Å²) >= 11 is 0. The Morgan fingerprint density at radius 2 is 1.81 bits per heavy atom. The fourth-order valence-electron chi connectivity index (χ4n) is 2.30. The minimum absolute atomic E-state index is 0. The number of anilines is 1. The normalized spacial score (nSPS) is 15.8. The molecule has 2 N–H and O–H groups in total. The van der Waals surface area contributed by atoms with Gasteiger partial charge in [-0.2, -0.15) is 0 Å². The maximum absolute atomic E-state index is 12.9. The van der Waals surface area contributed by atoms with Crippen LogP contribution in [0.3, 0.4) is 0 Å². The van der Waals surface area contributed by atoms with E-state index in [0.717, 1.165) is 51.3 Å². The molecule has 0 amide bonds.